The summed E-state index contributed by atoms with van der Waals surface area (Å²) in [6, 6.07) is 11.9. The minimum Gasteiger partial charge on any atom is -0.380 e. The fourth-order valence-electron chi connectivity index (χ4n) is 2.03. The minimum absolute atomic E-state index is 0.0970. The molecule has 0 aliphatic heterocycles. The largest absolute Gasteiger partial charge is 0.380 e. The highest BCUT2D eigenvalue weighted by Gasteiger charge is 2.11. The molecule has 0 saturated carbocycles. The van der Waals surface area contributed by atoms with Crippen molar-refractivity contribution >= 4 is 22.9 Å². The Morgan fingerprint density at radius 1 is 1.15 bits per heavy atom. The van der Waals surface area contributed by atoms with Crippen molar-refractivity contribution in [2.45, 2.75) is 20.4 Å². The van der Waals surface area contributed by atoms with Crippen LogP contribution in [0, 0.1) is 0 Å². The zero-order valence-electron chi connectivity index (χ0n) is 11.9. The van der Waals surface area contributed by atoms with E-state index in [-0.39, 0.29) is 5.91 Å². The molecule has 1 heterocycles. The van der Waals surface area contributed by atoms with Gasteiger partial charge in [-0.25, -0.2) is 0 Å². The number of anilines is 1. The molecule has 1 N–H and O–H groups in total. The van der Waals surface area contributed by atoms with Crippen LogP contribution < -0.4 is 5.32 Å². The molecule has 1 amide bonds. The van der Waals surface area contributed by atoms with E-state index in [1.165, 1.54) is 4.88 Å². The smallest absolute Gasteiger partial charge is 0.253 e. The molecule has 0 spiro atoms. The van der Waals surface area contributed by atoms with E-state index in [1.807, 2.05) is 49.1 Å². The molecule has 0 aliphatic rings. The fourth-order valence-corrected chi connectivity index (χ4v) is 2.67. The van der Waals surface area contributed by atoms with Crippen LogP contribution in [0.5, 0.6) is 0 Å². The molecule has 1 aromatic carbocycles. The fraction of sp³-hybridized carbons (Fsp3) is 0.312. The summed E-state index contributed by atoms with van der Waals surface area (Å²) in [4.78, 5) is 15.3. The van der Waals surface area contributed by atoms with Gasteiger partial charge in [0.1, 0.15) is 0 Å². The first kappa shape index (κ1) is 14.6. The van der Waals surface area contributed by atoms with Crippen molar-refractivity contribution in [2.24, 2.45) is 0 Å². The van der Waals surface area contributed by atoms with Crippen LogP contribution in [0.2, 0.25) is 0 Å². The van der Waals surface area contributed by atoms with E-state index in [4.69, 9.17) is 0 Å². The van der Waals surface area contributed by atoms with Crippen LogP contribution in [-0.4, -0.2) is 23.9 Å². The molecule has 0 aliphatic carbocycles. The van der Waals surface area contributed by atoms with Crippen molar-refractivity contribution < 1.29 is 4.79 Å². The lowest BCUT2D eigenvalue weighted by Crippen LogP contribution is -2.30. The lowest BCUT2D eigenvalue weighted by atomic mass is 10.1. The summed E-state index contributed by atoms with van der Waals surface area (Å²) < 4.78 is 0. The Kier molecular flexibility index (Phi) is 5.18. The van der Waals surface area contributed by atoms with Gasteiger partial charge < -0.3 is 10.2 Å². The van der Waals surface area contributed by atoms with Gasteiger partial charge in [0, 0.05) is 35.8 Å². The number of nitrogens with zero attached hydrogens (tertiary/aromatic N) is 1. The quantitative estimate of drug-likeness (QED) is 0.876. The van der Waals surface area contributed by atoms with E-state index in [9.17, 15) is 4.79 Å². The number of hydrogen-bond donors (Lipinski definition) is 1. The summed E-state index contributed by atoms with van der Waals surface area (Å²) >= 11 is 1.74. The maximum atomic E-state index is 12.2. The summed E-state index contributed by atoms with van der Waals surface area (Å²) in [6.45, 7) is 6.30. The Morgan fingerprint density at radius 3 is 2.40 bits per heavy atom. The highest BCUT2D eigenvalue weighted by atomic mass is 32.1. The highest BCUT2D eigenvalue weighted by molar-refractivity contribution is 7.09. The van der Waals surface area contributed by atoms with E-state index >= 15 is 0 Å². The molecule has 2 aromatic rings. The SMILES string of the molecule is CCN(CC)C(=O)c1ccc(NCc2cccs2)cc1. The average molecular weight is 288 g/mol. The first-order valence-corrected chi connectivity index (χ1v) is 7.78. The second-order valence-electron chi connectivity index (χ2n) is 4.49. The van der Waals surface area contributed by atoms with Crippen LogP contribution >= 0.6 is 11.3 Å². The maximum Gasteiger partial charge on any atom is 0.253 e. The van der Waals surface area contributed by atoms with E-state index in [0.29, 0.717) is 0 Å². The van der Waals surface area contributed by atoms with Gasteiger partial charge in [0.15, 0.2) is 0 Å². The minimum atomic E-state index is 0.0970. The zero-order valence-corrected chi connectivity index (χ0v) is 12.7. The van der Waals surface area contributed by atoms with E-state index in [2.05, 4.69) is 16.8 Å². The predicted octanol–water partition coefficient (Wildman–Crippen LogP) is 3.84. The van der Waals surface area contributed by atoms with Crippen LogP contribution in [0.3, 0.4) is 0 Å². The van der Waals surface area contributed by atoms with Gasteiger partial charge in [-0.3, -0.25) is 4.79 Å². The number of carbonyl (C=O) groups is 1. The molecule has 0 atom stereocenters. The van der Waals surface area contributed by atoms with Gasteiger partial charge in [-0.2, -0.15) is 0 Å². The molecule has 0 radical (unpaired) electrons. The maximum absolute atomic E-state index is 12.2. The zero-order chi connectivity index (χ0) is 14.4. The normalized spacial score (nSPS) is 10.3. The summed E-state index contributed by atoms with van der Waals surface area (Å²) in [5.74, 6) is 0.0970. The first-order valence-electron chi connectivity index (χ1n) is 6.90. The number of carbonyl (C=O) groups excluding carboxylic acids is 1. The predicted molar refractivity (Wildman–Crippen MR) is 85.3 cm³/mol. The first-order chi connectivity index (χ1) is 9.74. The number of benzene rings is 1. The van der Waals surface area contributed by atoms with Gasteiger partial charge in [0.2, 0.25) is 0 Å². The summed E-state index contributed by atoms with van der Waals surface area (Å²) in [5, 5.41) is 5.43. The van der Waals surface area contributed by atoms with Crippen molar-refractivity contribution in [2.75, 3.05) is 18.4 Å². The summed E-state index contributed by atoms with van der Waals surface area (Å²) in [5.41, 5.74) is 1.78. The Morgan fingerprint density at radius 2 is 1.85 bits per heavy atom. The molecule has 2 rings (SSSR count). The van der Waals surface area contributed by atoms with Gasteiger partial charge >= 0.3 is 0 Å². The summed E-state index contributed by atoms with van der Waals surface area (Å²) in [7, 11) is 0. The molecule has 0 bridgehead atoms. The third kappa shape index (κ3) is 3.61. The van der Waals surface area contributed by atoms with Crippen LogP contribution in [0.15, 0.2) is 41.8 Å². The number of thiophene rings is 1. The second-order valence-corrected chi connectivity index (χ2v) is 5.52. The standard InChI is InChI=1S/C16H20N2OS/c1-3-18(4-2)16(19)13-7-9-14(10-8-13)17-12-15-6-5-11-20-15/h5-11,17H,3-4,12H2,1-2H3. The second kappa shape index (κ2) is 7.10. The van der Waals surface area contributed by atoms with Crippen molar-refractivity contribution in [1.29, 1.82) is 0 Å². The van der Waals surface area contributed by atoms with Crippen LogP contribution in [0.25, 0.3) is 0 Å². The number of rotatable bonds is 6. The molecule has 1 aromatic heterocycles. The van der Waals surface area contributed by atoms with E-state index < -0.39 is 0 Å². The molecule has 3 nitrogen and oxygen atoms in total. The Balaban J connectivity index is 1.97. The summed E-state index contributed by atoms with van der Waals surface area (Å²) in [6.07, 6.45) is 0. The third-order valence-corrected chi connectivity index (χ3v) is 4.11. The van der Waals surface area contributed by atoms with Crippen LogP contribution in [0.1, 0.15) is 29.1 Å². The van der Waals surface area contributed by atoms with Gasteiger partial charge in [0.05, 0.1) is 0 Å². The van der Waals surface area contributed by atoms with Crippen molar-refractivity contribution in [3.05, 3.63) is 52.2 Å². The van der Waals surface area contributed by atoms with Gasteiger partial charge in [0.25, 0.3) is 5.91 Å². The van der Waals surface area contributed by atoms with Crippen molar-refractivity contribution in [3.8, 4) is 0 Å². The van der Waals surface area contributed by atoms with Gasteiger partial charge in [-0.05, 0) is 49.6 Å². The topological polar surface area (TPSA) is 32.3 Å². The lowest BCUT2D eigenvalue weighted by Gasteiger charge is -2.18. The van der Waals surface area contributed by atoms with Crippen LogP contribution in [-0.2, 0) is 6.54 Å². The monoisotopic (exact) mass is 288 g/mol. The molecule has 0 saturated heterocycles. The number of hydrogen-bond acceptors (Lipinski definition) is 3. The Hall–Kier alpha value is -1.81. The van der Waals surface area contributed by atoms with E-state index in [1.54, 1.807) is 11.3 Å². The molecule has 4 heteroatoms. The molecule has 0 fully saturated rings. The van der Waals surface area contributed by atoms with Crippen LogP contribution in [0.4, 0.5) is 5.69 Å². The highest BCUT2D eigenvalue weighted by Crippen LogP contribution is 2.15. The van der Waals surface area contributed by atoms with E-state index in [0.717, 1.165) is 30.9 Å². The molecule has 0 unspecified atom stereocenters. The van der Waals surface area contributed by atoms with Crippen molar-refractivity contribution in [3.63, 3.8) is 0 Å². The van der Waals surface area contributed by atoms with Crippen molar-refractivity contribution in [1.82, 2.24) is 4.90 Å². The average Bonchev–Trinajstić information content (AvgIpc) is 3.00. The third-order valence-electron chi connectivity index (χ3n) is 3.23. The Bertz CT molecular complexity index is 530. The van der Waals surface area contributed by atoms with Gasteiger partial charge in [-0.15, -0.1) is 11.3 Å². The lowest BCUT2D eigenvalue weighted by molar-refractivity contribution is 0.0773. The molecule has 106 valence electrons. The number of nitrogens with one attached hydrogen (secondary N) is 1. The number of amides is 1. The molecular weight excluding hydrogens is 268 g/mol. The van der Waals surface area contributed by atoms with Gasteiger partial charge in [-0.1, -0.05) is 6.07 Å². The molecular formula is C16H20N2OS. The Labute approximate surface area is 124 Å². The molecule has 20 heavy (non-hydrogen) atoms.